The first kappa shape index (κ1) is 20.3. The van der Waals surface area contributed by atoms with Gasteiger partial charge in [-0.15, -0.1) is 0 Å². The highest BCUT2D eigenvalue weighted by atomic mass is 19.4. The SMILES string of the molecule is CC(C)c1cc(C(F)(F)F)ccc1Oc1ccc2c(c1)CC[C@H]2[C@@H]1OC(=O)NC1=O. The summed E-state index contributed by atoms with van der Waals surface area (Å²) in [5, 5.41) is 2.15. The van der Waals surface area contributed by atoms with Gasteiger partial charge in [0.2, 0.25) is 0 Å². The van der Waals surface area contributed by atoms with E-state index in [0.29, 0.717) is 29.9 Å². The first-order chi connectivity index (χ1) is 14.1. The number of cyclic esters (lactones) is 1. The molecule has 2 aliphatic rings. The first-order valence-electron chi connectivity index (χ1n) is 9.67. The Morgan fingerprint density at radius 1 is 1.13 bits per heavy atom. The van der Waals surface area contributed by atoms with E-state index in [4.69, 9.17) is 9.47 Å². The lowest BCUT2D eigenvalue weighted by Crippen LogP contribution is -2.28. The number of hydrogen-bond donors (Lipinski definition) is 1. The zero-order valence-corrected chi connectivity index (χ0v) is 16.4. The molecule has 0 unspecified atom stereocenters. The number of alkyl carbamates (subject to hydrolysis) is 1. The van der Waals surface area contributed by atoms with E-state index >= 15 is 0 Å². The molecule has 0 saturated carbocycles. The van der Waals surface area contributed by atoms with E-state index < -0.39 is 29.8 Å². The van der Waals surface area contributed by atoms with Crippen LogP contribution in [0.3, 0.4) is 0 Å². The number of fused-ring (bicyclic) bond motifs is 1. The lowest BCUT2D eigenvalue weighted by atomic mass is 9.95. The van der Waals surface area contributed by atoms with Crippen LogP contribution in [0.25, 0.3) is 0 Å². The average molecular weight is 419 g/mol. The van der Waals surface area contributed by atoms with Gasteiger partial charge in [-0.25, -0.2) is 4.79 Å². The Morgan fingerprint density at radius 2 is 1.90 bits per heavy atom. The second-order valence-electron chi connectivity index (χ2n) is 7.83. The molecule has 8 heteroatoms. The molecule has 1 saturated heterocycles. The van der Waals surface area contributed by atoms with E-state index in [9.17, 15) is 22.8 Å². The van der Waals surface area contributed by atoms with Crippen LogP contribution in [0.15, 0.2) is 36.4 Å². The number of amides is 2. The van der Waals surface area contributed by atoms with E-state index in [1.165, 1.54) is 6.07 Å². The molecule has 1 N–H and O–H groups in total. The summed E-state index contributed by atoms with van der Waals surface area (Å²) in [6, 6.07) is 8.84. The number of halogens is 3. The minimum absolute atomic E-state index is 0.156. The van der Waals surface area contributed by atoms with Crippen molar-refractivity contribution in [3.8, 4) is 11.5 Å². The summed E-state index contributed by atoms with van der Waals surface area (Å²) in [6.07, 6.45) is -4.65. The second-order valence-corrected chi connectivity index (χ2v) is 7.83. The van der Waals surface area contributed by atoms with Gasteiger partial charge in [-0.2, -0.15) is 13.2 Å². The third-order valence-corrected chi connectivity index (χ3v) is 5.51. The van der Waals surface area contributed by atoms with Gasteiger partial charge >= 0.3 is 12.3 Å². The number of aryl methyl sites for hydroxylation is 1. The van der Waals surface area contributed by atoms with Gasteiger partial charge in [0.25, 0.3) is 5.91 Å². The minimum Gasteiger partial charge on any atom is -0.457 e. The zero-order chi connectivity index (χ0) is 21.6. The highest BCUT2D eigenvalue weighted by Crippen LogP contribution is 2.41. The lowest BCUT2D eigenvalue weighted by Gasteiger charge is -2.18. The van der Waals surface area contributed by atoms with Gasteiger partial charge in [0.15, 0.2) is 6.10 Å². The van der Waals surface area contributed by atoms with Crippen molar-refractivity contribution in [1.29, 1.82) is 0 Å². The summed E-state index contributed by atoms with van der Waals surface area (Å²) in [5.41, 5.74) is 1.64. The molecular formula is C22H20F3NO4. The molecule has 1 fully saturated rings. The van der Waals surface area contributed by atoms with Crippen LogP contribution in [0.1, 0.15) is 54.4 Å². The molecule has 1 heterocycles. The number of ether oxygens (including phenoxy) is 2. The summed E-state index contributed by atoms with van der Waals surface area (Å²) in [4.78, 5) is 23.2. The maximum Gasteiger partial charge on any atom is 0.416 e. The van der Waals surface area contributed by atoms with E-state index in [0.717, 1.165) is 23.3 Å². The topological polar surface area (TPSA) is 64.6 Å². The summed E-state index contributed by atoms with van der Waals surface area (Å²) < 4.78 is 50.2. The summed E-state index contributed by atoms with van der Waals surface area (Å²) in [7, 11) is 0. The Hall–Kier alpha value is -3.03. The standard InChI is InChI=1S/C22H20F3NO4/c1-11(2)17-10-13(22(23,24)25)4-8-18(17)29-14-5-7-15-12(9-14)3-6-16(15)19-20(27)26-21(28)30-19/h4-5,7-11,16,19H,3,6H2,1-2H3,(H,26,27,28)/t16-,19+/m1/s1. The molecule has 0 radical (unpaired) electrons. The van der Waals surface area contributed by atoms with Gasteiger partial charge in [0.05, 0.1) is 5.56 Å². The molecule has 1 aliphatic carbocycles. The Labute approximate surface area is 171 Å². The Balaban J connectivity index is 1.59. The van der Waals surface area contributed by atoms with E-state index in [-0.39, 0.29) is 11.8 Å². The Kier molecular flexibility index (Phi) is 4.95. The average Bonchev–Trinajstić information content (AvgIpc) is 3.22. The Bertz CT molecular complexity index is 1020. The molecule has 4 rings (SSSR count). The maximum atomic E-state index is 13.1. The van der Waals surface area contributed by atoms with Crippen LogP contribution in [0, 0.1) is 0 Å². The largest absolute Gasteiger partial charge is 0.457 e. The van der Waals surface area contributed by atoms with E-state index in [2.05, 4.69) is 5.32 Å². The molecule has 1 aliphatic heterocycles. The molecule has 2 amide bonds. The molecule has 30 heavy (non-hydrogen) atoms. The molecule has 2 aromatic rings. The van der Waals surface area contributed by atoms with Crippen molar-refractivity contribution < 1.29 is 32.2 Å². The fourth-order valence-electron chi connectivity index (χ4n) is 4.04. The fourth-order valence-corrected chi connectivity index (χ4v) is 4.04. The van der Waals surface area contributed by atoms with Crippen molar-refractivity contribution in [3.05, 3.63) is 58.7 Å². The van der Waals surface area contributed by atoms with E-state index in [1.807, 2.05) is 26.0 Å². The highest BCUT2D eigenvalue weighted by molar-refractivity contribution is 6.00. The lowest BCUT2D eigenvalue weighted by molar-refractivity contribution is -0.137. The van der Waals surface area contributed by atoms with Crippen LogP contribution < -0.4 is 10.1 Å². The van der Waals surface area contributed by atoms with Crippen LogP contribution >= 0.6 is 0 Å². The number of benzene rings is 2. The fraction of sp³-hybridized carbons (Fsp3) is 0.364. The number of rotatable bonds is 4. The number of imide groups is 1. The second kappa shape index (κ2) is 7.34. The van der Waals surface area contributed by atoms with Crippen LogP contribution in [0.5, 0.6) is 11.5 Å². The van der Waals surface area contributed by atoms with Gasteiger partial charge < -0.3 is 9.47 Å². The summed E-state index contributed by atoms with van der Waals surface area (Å²) in [6.45, 7) is 3.62. The van der Waals surface area contributed by atoms with Gasteiger partial charge in [0.1, 0.15) is 11.5 Å². The smallest absolute Gasteiger partial charge is 0.416 e. The van der Waals surface area contributed by atoms with E-state index in [1.54, 1.807) is 6.07 Å². The molecule has 0 bridgehead atoms. The van der Waals surface area contributed by atoms with Crippen molar-refractivity contribution in [2.24, 2.45) is 0 Å². The molecule has 5 nitrogen and oxygen atoms in total. The molecule has 158 valence electrons. The normalized spacial score (nSPS) is 20.9. The quantitative estimate of drug-likeness (QED) is 0.732. The van der Waals surface area contributed by atoms with Crippen molar-refractivity contribution in [2.75, 3.05) is 0 Å². The minimum atomic E-state index is -4.42. The molecule has 0 aromatic heterocycles. The first-order valence-corrected chi connectivity index (χ1v) is 9.67. The molecular weight excluding hydrogens is 399 g/mol. The van der Waals surface area contributed by atoms with Gasteiger partial charge in [-0.1, -0.05) is 19.9 Å². The third-order valence-electron chi connectivity index (χ3n) is 5.51. The van der Waals surface area contributed by atoms with Crippen LogP contribution in [-0.2, 0) is 22.1 Å². The third kappa shape index (κ3) is 3.74. The molecule has 2 aromatic carbocycles. The van der Waals surface area contributed by atoms with Crippen LogP contribution in [0.4, 0.5) is 18.0 Å². The monoisotopic (exact) mass is 419 g/mol. The highest BCUT2D eigenvalue weighted by Gasteiger charge is 2.42. The van der Waals surface area contributed by atoms with Crippen LogP contribution in [-0.4, -0.2) is 18.1 Å². The predicted octanol–water partition coefficient (Wildman–Crippen LogP) is 5.29. The summed E-state index contributed by atoms with van der Waals surface area (Å²) >= 11 is 0. The van der Waals surface area contributed by atoms with Gasteiger partial charge in [-0.05, 0) is 65.8 Å². The predicted molar refractivity (Wildman–Crippen MR) is 102 cm³/mol. The number of hydrogen-bond acceptors (Lipinski definition) is 4. The van der Waals surface area contributed by atoms with Crippen molar-refractivity contribution >= 4 is 12.0 Å². The van der Waals surface area contributed by atoms with Gasteiger partial charge in [0, 0.05) is 5.92 Å². The van der Waals surface area contributed by atoms with Crippen molar-refractivity contribution in [3.63, 3.8) is 0 Å². The van der Waals surface area contributed by atoms with Crippen molar-refractivity contribution in [2.45, 2.75) is 50.8 Å². The summed E-state index contributed by atoms with van der Waals surface area (Å²) in [5.74, 6) is 0.0551. The van der Waals surface area contributed by atoms with Crippen molar-refractivity contribution in [1.82, 2.24) is 5.32 Å². The van der Waals surface area contributed by atoms with Gasteiger partial charge in [-0.3, -0.25) is 10.1 Å². The maximum absolute atomic E-state index is 13.1. The number of nitrogens with one attached hydrogen (secondary N) is 1. The number of carbonyl (C=O) groups excluding carboxylic acids is 2. The van der Waals surface area contributed by atoms with Crippen LogP contribution in [0.2, 0.25) is 0 Å². The number of alkyl halides is 3. The zero-order valence-electron chi connectivity index (χ0n) is 16.4. The molecule has 0 spiro atoms. The number of carbonyl (C=O) groups is 2. The molecule has 2 atom stereocenters. The Morgan fingerprint density at radius 3 is 2.53 bits per heavy atom.